The lowest BCUT2D eigenvalue weighted by Gasteiger charge is -2.13. The molecule has 0 atom stereocenters. The van der Waals surface area contributed by atoms with E-state index in [4.69, 9.17) is 0 Å². The van der Waals surface area contributed by atoms with E-state index < -0.39 is 0 Å². The number of hydrogen-bond acceptors (Lipinski definition) is 2. The van der Waals surface area contributed by atoms with Crippen molar-refractivity contribution < 1.29 is 9.59 Å². The molecule has 1 aromatic rings. The lowest BCUT2D eigenvalue weighted by molar-refractivity contribution is -0.124. The third-order valence-corrected chi connectivity index (χ3v) is 3.14. The normalized spacial score (nSPS) is 10.2. The van der Waals surface area contributed by atoms with Crippen molar-refractivity contribution in [2.75, 3.05) is 11.9 Å². The number of carbonyl (C=O) groups excluding carboxylic acids is 2. The van der Waals surface area contributed by atoms with Gasteiger partial charge in [-0.3, -0.25) is 9.59 Å². The molecule has 1 rings (SSSR count). The van der Waals surface area contributed by atoms with Crippen molar-refractivity contribution in [3.63, 3.8) is 0 Å². The van der Waals surface area contributed by atoms with Crippen LogP contribution in [0.5, 0.6) is 0 Å². The topological polar surface area (TPSA) is 58.2 Å². The molecule has 0 aliphatic carbocycles. The van der Waals surface area contributed by atoms with Crippen LogP contribution >= 0.6 is 0 Å². The summed E-state index contributed by atoms with van der Waals surface area (Å²) in [7, 11) is 0. The van der Waals surface area contributed by atoms with Crippen LogP contribution in [0.3, 0.4) is 0 Å². The molecule has 0 fully saturated rings. The molecule has 0 spiro atoms. The molecule has 0 radical (unpaired) electrons. The van der Waals surface area contributed by atoms with Crippen molar-refractivity contribution >= 4 is 17.5 Å². The lowest BCUT2D eigenvalue weighted by atomic mass is 10.1. The highest BCUT2D eigenvalue weighted by Crippen LogP contribution is 2.21. The van der Waals surface area contributed by atoms with Crippen molar-refractivity contribution in [1.82, 2.24) is 5.32 Å². The van der Waals surface area contributed by atoms with Gasteiger partial charge in [-0.15, -0.1) is 0 Å². The summed E-state index contributed by atoms with van der Waals surface area (Å²) in [6, 6.07) is 4.06. The van der Waals surface area contributed by atoms with Gasteiger partial charge in [0.1, 0.15) is 0 Å². The molecule has 110 valence electrons. The standard InChI is InChI=1S/C16H24N2O2/c1-5-6-7-14(19)17-10-15(20)18-16-12(3)8-11(2)9-13(16)4/h8-9H,5-7,10H2,1-4H3,(H,17,19)(H,18,20). The van der Waals surface area contributed by atoms with Crippen LogP contribution in [-0.2, 0) is 9.59 Å². The Morgan fingerprint density at radius 1 is 1.05 bits per heavy atom. The van der Waals surface area contributed by atoms with E-state index in [-0.39, 0.29) is 18.4 Å². The first-order valence-corrected chi connectivity index (χ1v) is 7.08. The minimum atomic E-state index is -0.190. The summed E-state index contributed by atoms with van der Waals surface area (Å²) < 4.78 is 0. The number of unbranched alkanes of at least 4 members (excludes halogenated alkanes) is 1. The van der Waals surface area contributed by atoms with Gasteiger partial charge in [-0.2, -0.15) is 0 Å². The molecular formula is C16H24N2O2. The van der Waals surface area contributed by atoms with Gasteiger partial charge in [0.15, 0.2) is 0 Å². The molecule has 0 heterocycles. The first-order chi connectivity index (χ1) is 9.43. The first-order valence-electron chi connectivity index (χ1n) is 7.08. The van der Waals surface area contributed by atoms with E-state index in [9.17, 15) is 9.59 Å². The summed E-state index contributed by atoms with van der Waals surface area (Å²) >= 11 is 0. The van der Waals surface area contributed by atoms with E-state index in [0.717, 1.165) is 29.7 Å². The van der Waals surface area contributed by atoms with Gasteiger partial charge < -0.3 is 10.6 Å². The van der Waals surface area contributed by atoms with Crippen LogP contribution < -0.4 is 10.6 Å². The Kier molecular flexibility index (Phi) is 6.22. The van der Waals surface area contributed by atoms with Crippen molar-refractivity contribution in [3.05, 3.63) is 28.8 Å². The number of aryl methyl sites for hydroxylation is 3. The number of anilines is 1. The zero-order chi connectivity index (χ0) is 15.1. The molecule has 0 aliphatic heterocycles. The number of rotatable bonds is 6. The van der Waals surface area contributed by atoms with Crippen LogP contribution in [0.2, 0.25) is 0 Å². The van der Waals surface area contributed by atoms with Crippen molar-refractivity contribution in [2.24, 2.45) is 0 Å². The second-order valence-electron chi connectivity index (χ2n) is 5.20. The summed E-state index contributed by atoms with van der Waals surface area (Å²) in [6.45, 7) is 8.02. The van der Waals surface area contributed by atoms with Crippen LogP contribution in [0.15, 0.2) is 12.1 Å². The fraction of sp³-hybridized carbons (Fsp3) is 0.500. The predicted molar refractivity (Wildman–Crippen MR) is 81.8 cm³/mol. The van der Waals surface area contributed by atoms with Gasteiger partial charge >= 0.3 is 0 Å². The van der Waals surface area contributed by atoms with E-state index in [0.29, 0.717) is 6.42 Å². The molecule has 0 saturated carbocycles. The number of amides is 2. The number of benzene rings is 1. The Balaban J connectivity index is 2.53. The predicted octanol–water partition coefficient (Wildman–Crippen LogP) is 2.86. The smallest absolute Gasteiger partial charge is 0.243 e. The molecule has 2 N–H and O–H groups in total. The van der Waals surface area contributed by atoms with Gasteiger partial charge in [-0.25, -0.2) is 0 Å². The van der Waals surface area contributed by atoms with Crippen LogP contribution in [0.25, 0.3) is 0 Å². The second-order valence-corrected chi connectivity index (χ2v) is 5.20. The molecular weight excluding hydrogens is 252 g/mol. The van der Waals surface area contributed by atoms with Gasteiger partial charge in [0.2, 0.25) is 11.8 Å². The molecule has 4 heteroatoms. The maximum Gasteiger partial charge on any atom is 0.243 e. The van der Waals surface area contributed by atoms with E-state index in [1.165, 1.54) is 5.56 Å². The summed E-state index contributed by atoms with van der Waals surface area (Å²) in [6.07, 6.45) is 2.30. The Morgan fingerprint density at radius 2 is 1.65 bits per heavy atom. The molecule has 0 unspecified atom stereocenters. The van der Waals surface area contributed by atoms with Gasteiger partial charge in [-0.05, 0) is 38.3 Å². The summed E-state index contributed by atoms with van der Waals surface area (Å²) in [5.41, 5.74) is 4.08. The van der Waals surface area contributed by atoms with Crippen molar-refractivity contribution in [1.29, 1.82) is 0 Å². The highest BCUT2D eigenvalue weighted by atomic mass is 16.2. The summed E-state index contributed by atoms with van der Waals surface area (Å²) in [4.78, 5) is 23.3. The second kappa shape index (κ2) is 7.68. The van der Waals surface area contributed by atoms with E-state index in [1.54, 1.807) is 0 Å². The Labute approximate surface area is 121 Å². The molecule has 2 amide bonds. The molecule has 1 aromatic carbocycles. The number of nitrogens with one attached hydrogen (secondary N) is 2. The van der Waals surface area contributed by atoms with Gasteiger partial charge in [0, 0.05) is 12.1 Å². The largest absolute Gasteiger partial charge is 0.347 e. The molecule has 0 bridgehead atoms. The van der Waals surface area contributed by atoms with E-state index in [2.05, 4.69) is 10.6 Å². The summed E-state index contributed by atoms with van der Waals surface area (Å²) in [5.74, 6) is -0.260. The number of hydrogen-bond donors (Lipinski definition) is 2. The number of carbonyl (C=O) groups is 2. The Morgan fingerprint density at radius 3 is 2.20 bits per heavy atom. The fourth-order valence-electron chi connectivity index (χ4n) is 2.17. The minimum absolute atomic E-state index is 0.0231. The van der Waals surface area contributed by atoms with Crippen LogP contribution in [0.4, 0.5) is 5.69 Å². The highest BCUT2D eigenvalue weighted by Gasteiger charge is 2.09. The first kappa shape index (κ1) is 16.2. The zero-order valence-electron chi connectivity index (χ0n) is 12.8. The monoisotopic (exact) mass is 276 g/mol. The third kappa shape index (κ3) is 5.03. The van der Waals surface area contributed by atoms with Crippen molar-refractivity contribution in [3.8, 4) is 0 Å². The fourth-order valence-corrected chi connectivity index (χ4v) is 2.17. The van der Waals surface area contributed by atoms with Gasteiger partial charge in [-0.1, -0.05) is 31.0 Å². The third-order valence-electron chi connectivity index (χ3n) is 3.14. The maximum atomic E-state index is 11.9. The molecule has 0 aliphatic rings. The molecule has 20 heavy (non-hydrogen) atoms. The average Bonchev–Trinajstić information content (AvgIpc) is 2.38. The zero-order valence-corrected chi connectivity index (χ0v) is 12.8. The Bertz CT molecular complexity index is 472. The summed E-state index contributed by atoms with van der Waals surface area (Å²) in [5, 5.41) is 5.50. The van der Waals surface area contributed by atoms with Gasteiger partial charge in [0.05, 0.1) is 6.54 Å². The SMILES string of the molecule is CCCCC(=O)NCC(=O)Nc1c(C)cc(C)cc1C. The van der Waals surface area contributed by atoms with Crippen LogP contribution in [-0.4, -0.2) is 18.4 Å². The Hall–Kier alpha value is -1.84. The molecule has 0 aromatic heterocycles. The molecule has 0 saturated heterocycles. The molecule has 4 nitrogen and oxygen atoms in total. The van der Waals surface area contributed by atoms with Crippen LogP contribution in [0.1, 0.15) is 42.9 Å². The van der Waals surface area contributed by atoms with Gasteiger partial charge in [0.25, 0.3) is 0 Å². The lowest BCUT2D eigenvalue weighted by Crippen LogP contribution is -2.33. The average molecular weight is 276 g/mol. The maximum absolute atomic E-state index is 11.9. The van der Waals surface area contributed by atoms with Crippen LogP contribution in [0, 0.1) is 20.8 Å². The van der Waals surface area contributed by atoms with E-state index in [1.807, 2.05) is 39.8 Å². The van der Waals surface area contributed by atoms with E-state index >= 15 is 0 Å². The quantitative estimate of drug-likeness (QED) is 0.839. The minimum Gasteiger partial charge on any atom is -0.347 e. The highest BCUT2D eigenvalue weighted by molar-refractivity contribution is 5.95. The van der Waals surface area contributed by atoms with Crippen molar-refractivity contribution in [2.45, 2.75) is 47.0 Å².